The first-order valence-corrected chi connectivity index (χ1v) is 8.00. The van der Waals surface area contributed by atoms with Crippen LogP contribution in [0.3, 0.4) is 0 Å². The highest BCUT2D eigenvalue weighted by atomic mass is 16.5. The summed E-state index contributed by atoms with van der Waals surface area (Å²) in [6, 6.07) is 13.5. The van der Waals surface area contributed by atoms with E-state index < -0.39 is 5.63 Å². The Morgan fingerprint density at radius 1 is 1.00 bits per heavy atom. The Kier molecular flexibility index (Phi) is 4.84. The third-order valence-electron chi connectivity index (χ3n) is 3.78. The van der Waals surface area contributed by atoms with Gasteiger partial charge >= 0.3 is 5.63 Å². The van der Waals surface area contributed by atoms with Gasteiger partial charge in [-0.1, -0.05) is 0 Å². The predicted octanol–water partition coefficient (Wildman–Crippen LogP) is 3.76. The number of carbonyl (C=O) groups excluding carboxylic acids is 1. The molecule has 0 N–H and O–H groups in total. The van der Waals surface area contributed by atoms with Gasteiger partial charge in [-0.25, -0.2) is 4.79 Å². The summed E-state index contributed by atoms with van der Waals surface area (Å²) in [5, 5.41) is 0.838. The molecule has 0 aliphatic carbocycles. The van der Waals surface area contributed by atoms with E-state index in [4.69, 9.17) is 13.9 Å². The van der Waals surface area contributed by atoms with Gasteiger partial charge in [0.1, 0.15) is 17.1 Å². The molecule has 3 aromatic rings. The van der Waals surface area contributed by atoms with Crippen LogP contribution < -0.4 is 15.1 Å². The summed E-state index contributed by atoms with van der Waals surface area (Å²) in [7, 11) is 0. The molecule has 1 heterocycles. The van der Waals surface area contributed by atoms with Crippen molar-refractivity contribution in [2.24, 2.45) is 0 Å². The van der Waals surface area contributed by atoms with Crippen molar-refractivity contribution in [1.82, 2.24) is 0 Å². The van der Waals surface area contributed by atoms with Crippen molar-refractivity contribution in [2.75, 3.05) is 13.2 Å². The molecule has 0 unspecified atom stereocenters. The molecule has 0 aliphatic rings. The van der Waals surface area contributed by atoms with E-state index in [2.05, 4.69) is 0 Å². The number of carbonyl (C=O) groups is 1. The second-order valence-electron chi connectivity index (χ2n) is 5.58. The number of hydrogen-bond acceptors (Lipinski definition) is 5. The largest absolute Gasteiger partial charge is 0.494 e. The summed E-state index contributed by atoms with van der Waals surface area (Å²) in [5.74, 6) is 1.05. The molecule has 128 valence electrons. The van der Waals surface area contributed by atoms with Gasteiger partial charge in [-0.2, -0.15) is 0 Å². The van der Waals surface area contributed by atoms with Crippen LogP contribution in [0.25, 0.3) is 11.0 Å². The highest BCUT2D eigenvalue weighted by molar-refractivity contribution is 5.97. The predicted molar refractivity (Wildman–Crippen MR) is 94.7 cm³/mol. The maximum atomic E-state index is 12.2. The summed E-state index contributed by atoms with van der Waals surface area (Å²) < 4.78 is 16.1. The van der Waals surface area contributed by atoms with Crippen LogP contribution in [0, 0.1) is 6.92 Å². The minimum Gasteiger partial charge on any atom is -0.494 e. The fourth-order valence-corrected chi connectivity index (χ4v) is 2.53. The van der Waals surface area contributed by atoms with Gasteiger partial charge in [0.2, 0.25) is 0 Å². The van der Waals surface area contributed by atoms with Crippen molar-refractivity contribution < 1.29 is 18.7 Å². The second-order valence-corrected chi connectivity index (χ2v) is 5.58. The summed E-state index contributed by atoms with van der Waals surface area (Å²) in [4.78, 5) is 23.7. The Labute approximate surface area is 144 Å². The minimum absolute atomic E-state index is 0.102. The average molecular weight is 338 g/mol. The molecule has 0 fully saturated rings. The van der Waals surface area contributed by atoms with Gasteiger partial charge in [0.15, 0.2) is 12.4 Å². The van der Waals surface area contributed by atoms with Crippen LogP contribution in [0.4, 0.5) is 0 Å². The van der Waals surface area contributed by atoms with Gasteiger partial charge in [-0.3, -0.25) is 4.79 Å². The van der Waals surface area contributed by atoms with E-state index in [1.54, 1.807) is 36.4 Å². The number of rotatable bonds is 6. The van der Waals surface area contributed by atoms with Gasteiger partial charge in [0, 0.05) is 23.1 Å². The number of Topliss-reactive ketones (excluding diaryl/α,β-unsaturated/α-hetero) is 1. The fraction of sp³-hybridized carbons (Fsp3) is 0.200. The molecule has 0 saturated carbocycles. The lowest BCUT2D eigenvalue weighted by Gasteiger charge is -2.08. The monoisotopic (exact) mass is 338 g/mol. The van der Waals surface area contributed by atoms with Crippen molar-refractivity contribution in [3.8, 4) is 11.5 Å². The molecule has 0 radical (unpaired) electrons. The molecule has 5 nitrogen and oxygen atoms in total. The van der Waals surface area contributed by atoms with Crippen LogP contribution in [-0.4, -0.2) is 19.0 Å². The number of ketones is 1. The van der Waals surface area contributed by atoms with E-state index in [0.29, 0.717) is 23.5 Å². The molecule has 25 heavy (non-hydrogen) atoms. The first kappa shape index (κ1) is 16.8. The maximum Gasteiger partial charge on any atom is 0.336 e. The molecule has 0 saturated heterocycles. The van der Waals surface area contributed by atoms with Crippen molar-refractivity contribution in [1.29, 1.82) is 0 Å². The van der Waals surface area contributed by atoms with Crippen LogP contribution in [0.15, 0.2) is 57.7 Å². The van der Waals surface area contributed by atoms with E-state index in [0.717, 1.165) is 16.7 Å². The molecule has 0 atom stereocenters. The topological polar surface area (TPSA) is 65.7 Å². The van der Waals surface area contributed by atoms with Gasteiger partial charge in [-0.15, -0.1) is 0 Å². The van der Waals surface area contributed by atoms with Crippen LogP contribution in [0.2, 0.25) is 0 Å². The van der Waals surface area contributed by atoms with Crippen molar-refractivity contribution in [2.45, 2.75) is 13.8 Å². The van der Waals surface area contributed by atoms with Gasteiger partial charge < -0.3 is 13.9 Å². The van der Waals surface area contributed by atoms with E-state index in [1.807, 2.05) is 19.9 Å². The molecular weight excluding hydrogens is 320 g/mol. The summed E-state index contributed by atoms with van der Waals surface area (Å²) in [5.41, 5.74) is 1.42. The lowest BCUT2D eigenvalue weighted by atomic mass is 10.1. The first-order valence-electron chi connectivity index (χ1n) is 8.00. The van der Waals surface area contributed by atoms with Crippen LogP contribution in [0.1, 0.15) is 22.8 Å². The lowest BCUT2D eigenvalue weighted by Crippen LogP contribution is -2.11. The molecule has 0 aliphatic heterocycles. The van der Waals surface area contributed by atoms with Gasteiger partial charge in [0.05, 0.1) is 6.61 Å². The zero-order valence-electron chi connectivity index (χ0n) is 14.1. The molecular formula is C20H18O5. The van der Waals surface area contributed by atoms with E-state index >= 15 is 0 Å². The third kappa shape index (κ3) is 3.88. The highest BCUT2D eigenvalue weighted by Crippen LogP contribution is 2.22. The Morgan fingerprint density at radius 2 is 1.72 bits per heavy atom. The minimum atomic E-state index is -0.410. The fourth-order valence-electron chi connectivity index (χ4n) is 2.53. The zero-order valence-corrected chi connectivity index (χ0v) is 14.1. The third-order valence-corrected chi connectivity index (χ3v) is 3.78. The number of fused-ring (bicyclic) bond motifs is 1. The molecule has 1 aromatic heterocycles. The Morgan fingerprint density at radius 3 is 2.44 bits per heavy atom. The molecule has 3 rings (SSSR count). The van der Waals surface area contributed by atoms with E-state index in [9.17, 15) is 9.59 Å². The number of aryl methyl sites for hydroxylation is 1. The standard InChI is InChI=1S/C20H18O5/c1-3-23-15-6-4-14(5-7-15)18(21)12-24-16-8-9-17-13(2)10-20(22)25-19(17)11-16/h4-11H,3,12H2,1-2H3. The number of ether oxygens (including phenoxy) is 2. The Balaban J connectivity index is 1.71. The summed E-state index contributed by atoms with van der Waals surface area (Å²) >= 11 is 0. The quantitative estimate of drug-likeness (QED) is 0.506. The number of benzene rings is 2. The average Bonchev–Trinajstić information content (AvgIpc) is 2.60. The van der Waals surface area contributed by atoms with Crippen LogP contribution >= 0.6 is 0 Å². The van der Waals surface area contributed by atoms with Gasteiger partial charge in [-0.05, 0) is 55.8 Å². The molecule has 2 aromatic carbocycles. The Hall–Kier alpha value is -3.08. The second kappa shape index (κ2) is 7.21. The SMILES string of the molecule is CCOc1ccc(C(=O)COc2ccc3c(C)cc(=O)oc3c2)cc1. The van der Waals surface area contributed by atoms with Crippen molar-refractivity contribution in [3.63, 3.8) is 0 Å². The van der Waals surface area contributed by atoms with Crippen LogP contribution in [0.5, 0.6) is 11.5 Å². The smallest absolute Gasteiger partial charge is 0.336 e. The normalized spacial score (nSPS) is 10.6. The molecule has 0 spiro atoms. The molecule has 5 heteroatoms. The summed E-state index contributed by atoms with van der Waals surface area (Å²) in [6.45, 7) is 4.22. The number of hydrogen-bond donors (Lipinski definition) is 0. The van der Waals surface area contributed by atoms with Crippen LogP contribution in [-0.2, 0) is 0 Å². The maximum absolute atomic E-state index is 12.2. The first-order chi connectivity index (χ1) is 12.1. The molecule has 0 bridgehead atoms. The van der Waals surface area contributed by atoms with Crippen molar-refractivity contribution >= 4 is 16.8 Å². The Bertz CT molecular complexity index is 954. The zero-order chi connectivity index (χ0) is 17.8. The highest BCUT2D eigenvalue weighted by Gasteiger charge is 2.09. The van der Waals surface area contributed by atoms with E-state index in [-0.39, 0.29) is 12.4 Å². The van der Waals surface area contributed by atoms with Crippen molar-refractivity contribution in [3.05, 3.63) is 70.1 Å². The summed E-state index contributed by atoms with van der Waals surface area (Å²) in [6.07, 6.45) is 0. The molecule has 0 amide bonds. The van der Waals surface area contributed by atoms with Gasteiger partial charge in [0.25, 0.3) is 0 Å². The lowest BCUT2D eigenvalue weighted by molar-refractivity contribution is 0.0921. The van der Waals surface area contributed by atoms with E-state index in [1.165, 1.54) is 6.07 Å².